The van der Waals surface area contributed by atoms with E-state index in [4.69, 9.17) is 20.7 Å². The highest BCUT2D eigenvalue weighted by Crippen LogP contribution is 2.40. The highest BCUT2D eigenvalue weighted by Gasteiger charge is 2.27. The normalized spacial score (nSPS) is 16.4. The van der Waals surface area contributed by atoms with Crippen molar-refractivity contribution in [3.8, 4) is 17.1 Å². The average molecular weight is 412 g/mol. The number of hydrogen-bond acceptors (Lipinski definition) is 6. The van der Waals surface area contributed by atoms with Crippen LogP contribution in [0.25, 0.3) is 28.2 Å². The quantitative estimate of drug-likeness (QED) is 0.540. The molecule has 2 N–H and O–H groups in total. The maximum absolute atomic E-state index is 6.24. The number of fused-ring (bicyclic) bond motifs is 1. The molecule has 0 bridgehead atoms. The smallest absolute Gasteiger partial charge is 0.165 e. The van der Waals surface area contributed by atoms with Gasteiger partial charge < -0.3 is 10.6 Å². The summed E-state index contributed by atoms with van der Waals surface area (Å²) in [6.45, 7) is 4.28. The number of rotatable bonds is 4. The van der Waals surface area contributed by atoms with E-state index in [9.17, 15) is 0 Å². The maximum atomic E-state index is 6.24. The summed E-state index contributed by atoms with van der Waals surface area (Å²) in [5.41, 5.74) is 12.0. The molecule has 1 aliphatic heterocycles. The molecule has 6 rings (SSSR count). The van der Waals surface area contributed by atoms with Crippen LogP contribution in [0.2, 0.25) is 0 Å². The molecule has 5 heterocycles. The summed E-state index contributed by atoms with van der Waals surface area (Å²) in [6.07, 6.45) is 8.51. The van der Waals surface area contributed by atoms with Crippen molar-refractivity contribution in [1.29, 1.82) is 0 Å². The van der Waals surface area contributed by atoms with Crippen LogP contribution in [0, 0.1) is 6.92 Å². The minimum atomic E-state index is 0.458. The third-order valence-electron chi connectivity index (χ3n) is 6.30. The molecule has 0 atom stereocenters. The molecule has 7 heteroatoms. The number of pyridine rings is 3. The van der Waals surface area contributed by atoms with Gasteiger partial charge in [-0.1, -0.05) is 0 Å². The van der Waals surface area contributed by atoms with Gasteiger partial charge in [-0.15, -0.1) is 0 Å². The molecular formula is C24H25N7. The van der Waals surface area contributed by atoms with Crippen molar-refractivity contribution in [3.63, 3.8) is 0 Å². The van der Waals surface area contributed by atoms with Crippen LogP contribution in [-0.2, 0) is 0 Å². The Bertz CT molecular complexity index is 1280. The van der Waals surface area contributed by atoms with E-state index >= 15 is 0 Å². The average Bonchev–Trinajstić information content (AvgIpc) is 3.35. The molecule has 1 saturated heterocycles. The first kappa shape index (κ1) is 18.3. The third kappa shape index (κ3) is 3.12. The van der Waals surface area contributed by atoms with E-state index in [0.29, 0.717) is 11.7 Å². The molecular weight excluding hydrogens is 386 g/mol. The van der Waals surface area contributed by atoms with E-state index in [1.807, 2.05) is 18.3 Å². The molecule has 4 aromatic heterocycles. The highest BCUT2D eigenvalue weighted by atomic mass is 15.2. The summed E-state index contributed by atoms with van der Waals surface area (Å²) < 4.78 is 2.09. The van der Waals surface area contributed by atoms with E-state index < -0.39 is 0 Å². The Morgan fingerprint density at radius 3 is 2.61 bits per heavy atom. The first-order valence-corrected chi connectivity index (χ1v) is 11.0. The van der Waals surface area contributed by atoms with Gasteiger partial charge in [0.25, 0.3) is 0 Å². The number of nitrogens with zero attached hydrogens (tertiary/aromatic N) is 6. The molecule has 2 fully saturated rings. The van der Waals surface area contributed by atoms with E-state index in [2.05, 4.69) is 39.6 Å². The second-order valence-corrected chi connectivity index (χ2v) is 8.59. The van der Waals surface area contributed by atoms with Gasteiger partial charge in [0.05, 0.1) is 17.4 Å². The molecule has 156 valence electrons. The first-order chi connectivity index (χ1) is 15.2. The van der Waals surface area contributed by atoms with Crippen LogP contribution in [0.3, 0.4) is 0 Å². The van der Waals surface area contributed by atoms with Gasteiger partial charge in [-0.05, 0) is 68.5 Å². The lowest BCUT2D eigenvalue weighted by Crippen LogP contribution is -2.20. The van der Waals surface area contributed by atoms with Gasteiger partial charge in [-0.3, -0.25) is 4.57 Å². The zero-order valence-corrected chi connectivity index (χ0v) is 17.6. The lowest BCUT2D eigenvalue weighted by molar-refractivity contribution is 0.921. The maximum Gasteiger partial charge on any atom is 0.165 e. The van der Waals surface area contributed by atoms with E-state index in [1.165, 1.54) is 25.7 Å². The molecule has 4 aromatic rings. The lowest BCUT2D eigenvalue weighted by atomic mass is 10.2. The van der Waals surface area contributed by atoms with Crippen molar-refractivity contribution in [2.24, 2.45) is 0 Å². The Hall–Kier alpha value is -3.48. The Morgan fingerprint density at radius 2 is 1.87 bits per heavy atom. The number of aromatic nitrogens is 5. The fraction of sp³-hybridized carbons (Fsp3) is 0.333. The van der Waals surface area contributed by atoms with Crippen molar-refractivity contribution >= 4 is 22.8 Å². The van der Waals surface area contributed by atoms with E-state index in [0.717, 1.165) is 58.4 Å². The summed E-state index contributed by atoms with van der Waals surface area (Å²) in [6, 6.07) is 10.2. The monoisotopic (exact) mass is 411 g/mol. The number of imidazole rings is 1. The van der Waals surface area contributed by atoms with Gasteiger partial charge in [-0.2, -0.15) is 0 Å². The van der Waals surface area contributed by atoms with Crippen LogP contribution in [-0.4, -0.2) is 37.6 Å². The van der Waals surface area contributed by atoms with Gasteiger partial charge in [-0.25, -0.2) is 19.9 Å². The topological polar surface area (TPSA) is 85.8 Å². The molecule has 2 aliphatic rings. The fourth-order valence-electron chi connectivity index (χ4n) is 4.55. The Balaban J connectivity index is 1.56. The van der Waals surface area contributed by atoms with Gasteiger partial charge >= 0.3 is 0 Å². The molecule has 31 heavy (non-hydrogen) atoms. The fourth-order valence-corrected chi connectivity index (χ4v) is 4.55. The summed E-state index contributed by atoms with van der Waals surface area (Å²) in [5.74, 6) is 2.84. The summed E-state index contributed by atoms with van der Waals surface area (Å²) in [7, 11) is 0. The summed E-state index contributed by atoms with van der Waals surface area (Å²) >= 11 is 0. The van der Waals surface area contributed by atoms with Crippen LogP contribution in [0.4, 0.5) is 11.6 Å². The van der Waals surface area contributed by atoms with Crippen LogP contribution < -0.4 is 10.6 Å². The molecule has 1 saturated carbocycles. The SMILES string of the molecule is Cc1cc(-n2c(-c3cccnc3N)nc3ccc(C4CC4)nc32)cnc1N1CCCC1. The Morgan fingerprint density at radius 1 is 1.03 bits per heavy atom. The molecule has 0 radical (unpaired) electrons. The van der Waals surface area contributed by atoms with Gasteiger partial charge in [0.2, 0.25) is 0 Å². The molecule has 7 nitrogen and oxygen atoms in total. The highest BCUT2D eigenvalue weighted by molar-refractivity contribution is 5.83. The third-order valence-corrected chi connectivity index (χ3v) is 6.30. The first-order valence-electron chi connectivity index (χ1n) is 11.0. The predicted molar refractivity (Wildman–Crippen MR) is 122 cm³/mol. The Labute approximate surface area is 181 Å². The number of nitrogen functional groups attached to an aromatic ring is 1. The van der Waals surface area contributed by atoms with Crippen molar-refractivity contribution < 1.29 is 0 Å². The molecule has 1 aliphatic carbocycles. The standard InChI is InChI=1S/C24H25N7/c1-15-13-17(14-27-22(15)30-11-2-3-12-30)31-23(18-5-4-10-26-21(18)25)29-20-9-8-19(16-6-7-16)28-24(20)31/h4-5,8-10,13-14,16H,2-3,6-7,11-12H2,1H3,(H2,25,26). The van der Waals surface area contributed by atoms with Crippen molar-refractivity contribution in [2.75, 3.05) is 23.7 Å². The number of anilines is 2. The van der Waals surface area contributed by atoms with Crippen molar-refractivity contribution in [1.82, 2.24) is 24.5 Å². The zero-order valence-electron chi connectivity index (χ0n) is 17.6. The van der Waals surface area contributed by atoms with Crippen LogP contribution in [0.15, 0.2) is 42.7 Å². The van der Waals surface area contributed by atoms with E-state index in [1.54, 1.807) is 6.20 Å². The largest absolute Gasteiger partial charge is 0.383 e. The second kappa shape index (κ2) is 7.04. The number of hydrogen-bond donors (Lipinski definition) is 1. The van der Waals surface area contributed by atoms with E-state index in [-0.39, 0.29) is 0 Å². The minimum Gasteiger partial charge on any atom is -0.383 e. The number of aryl methyl sites for hydroxylation is 1. The molecule has 0 amide bonds. The summed E-state index contributed by atoms with van der Waals surface area (Å²) in [5, 5.41) is 0. The number of nitrogens with two attached hydrogens (primary N) is 1. The molecule has 0 spiro atoms. The van der Waals surface area contributed by atoms with Crippen molar-refractivity contribution in [3.05, 3.63) is 54.0 Å². The zero-order chi connectivity index (χ0) is 20.9. The van der Waals surface area contributed by atoms with Gasteiger partial charge in [0.1, 0.15) is 17.2 Å². The lowest BCUT2D eigenvalue weighted by Gasteiger charge is -2.19. The Kier molecular flexibility index (Phi) is 4.16. The van der Waals surface area contributed by atoms with Crippen LogP contribution in [0.1, 0.15) is 42.9 Å². The molecule has 0 unspecified atom stereocenters. The van der Waals surface area contributed by atoms with Crippen molar-refractivity contribution in [2.45, 2.75) is 38.5 Å². The van der Waals surface area contributed by atoms with Gasteiger partial charge in [0, 0.05) is 30.9 Å². The minimum absolute atomic E-state index is 0.458. The second-order valence-electron chi connectivity index (χ2n) is 8.59. The summed E-state index contributed by atoms with van der Waals surface area (Å²) in [4.78, 5) is 21.4. The molecule has 0 aromatic carbocycles. The van der Waals surface area contributed by atoms with Gasteiger partial charge in [0.15, 0.2) is 11.5 Å². The van der Waals surface area contributed by atoms with Crippen LogP contribution in [0.5, 0.6) is 0 Å². The predicted octanol–water partition coefficient (Wildman–Crippen LogP) is 4.25. The van der Waals surface area contributed by atoms with Crippen LogP contribution >= 0.6 is 0 Å².